The quantitative estimate of drug-likeness (QED) is 0.832. The third-order valence-electron chi connectivity index (χ3n) is 3.79. The molecule has 1 aliphatic heterocycles. The predicted molar refractivity (Wildman–Crippen MR) is 78.7 cm³/mol. The van der Waals surface area contributed by atoms with Gasteiger partial charge >= 0.3 is 0 Å². The number of carbonyl (C=O) groups is 2. The second-order valence-corrected chi connectivity index (χ2v) is 5.77. The van der Waals surface area contributed by atoms with Crippen LogP contribution in [0.2, 0.25) is 0 Å². The number of hydrogen-bond acceptors (Lipinski definition) is 4. The van der Waals surface area contributed by atoms with Gasteiger partial charge in [0.15, 0.2) is 0 Å². The lowest BCUT2D eigenvalue weighted by Gasteiger charge is -2.31. The highest BCUT2D eigenvalue weighted by Gasteiger charge is 2.22. The molecule has 0 unspecified atom stereocenters. The maximum atomic E-state index is 11.7. The van der Waals surface area contributed by atoms with Gasteiger partial charge in [-0.2, -0.15) is 0 Å². The van der Waals surface area contributed by atoms with Crippen molar-refractivity contribution in [2.75, 3.05) is 27.2 Å². The third-order valence-corrected chi connectivity index (χ3v) is 3.79. The van der Waals surface area contributed by atoms with Crippen molar-refractivity contribution >= 4 is 11.8 Å². The van der Waals surface area contributed by atoms with Crippen LogP contribution >= 0.6 is 0 Å². The standard InChI is InChI=1S/C15H22N4O2/c1-11(20)19-6-4-5-12(10-19)7-13-8-17-14(9-16-13)15(21)18(2)3/h8-9,12H,4-7,10H2,1-3H3/t12-/m0/s1. The smallest absolute Gasteiger partial charge is 0.273 e. The fourth-order valence-electron chi connectivity index (χ4n) is 2.61. The van der Waals surface area contributed by atoms with Crippen LogP contribution in [0.1, 0.15) is 35.9 Å². The van der Waals surface area contributed by atoms with Crippen molar-refractivity contribution in [2.45, 2.75) is 26.2 Å². The van der Waals surface area contributed by atoms with E-state index in [-0.39, 0.29) is 11.8 Å². The van der Waals surface area contributed by atoms with Crippen LogP contribution in [-0.4, -0.2) is 58.8 Å². The van der Waals surface area contributed by atoms with E-state index in [2.05, 4.69) is 9.97 Å². The summed E-state index contributed by atoms with van der Waals surface area (Å²) < 4.78 is 0. The Hall–Kier alpha value is -1.98. The topological polar surface area (TPSA) is 66.4 Å². The molecule has 0 saturated carbocycles. The normalized spacial score (nSPS) is 18.4. The molecule has 1 aromatic heterocycles. The monoisotopic (exact) mass is 290 g/mol. The van der Waals surface area contributed by atoms with Gasteiger partial charge in [0.05, 0.1) is 11.9 Å². The van der Waals surface area contributed by atoms with E-state index in [9.17, 15) is 9.59 Å². The summed E-state index contributed by atoms with van der Waals surface area (Å²) in [7, 11) is 3.38. The molecular weight excluding hydrogens is 268 g/mol. The lowest BCUT2D eigenvalue weighted by atomic mass is 9.93. The van der Waals surface area contributed by atoms with Gasteiger partial charge in [-0.1, -0.05) is 0 Å². The molecule has 2 amide bonds. The third kappa shape index (κ3) is 4.00. The summed E-state index contributed by atoms with van der Waals surface area (Å²) in [6.45, 7) is 3.26. The first-order valence-electron chi connectivity index (χ1n) is 7.25. The highest BCUT2D eigenvalue weighted by Crippen LogP contribution is 2.20. The summed E-state index contributed by atoms with van der Waals surface area (Å²) in [5, 5.41) is 0. The number of likely N-dealkylation sites (tertiary alicyclic amines) is 1. The second-order valence-electron chi connectivity index (χ2n) is 5.77. The zero-order valence-electron chi connectivity index (χ0n) is 12.9. The molecule has 0 aliphatic carbocycles. The average Bonchev–Trinajstić information content (AvgIpc) is 2.47. The molecule has 0 radical (unpaired) electrons. The Labute approximate surface area is 125 Å². The molecule has 0 N–H and O–H groups in total. The van der Waals surface area contributed by atoms with Crippen molar-refractivity contribution in [1.29, 1.82) is 0 Å². The number of aromatic nitrogens is 2. The molecule has 0 bridgehead atoms. The van der Waals surface area contributed by atoms with E-state index < -0.39 is 0 Å². The lowest BCUT2D eigenvalue weighted by molar-refractivity contribution is -0.130. The predicted octanol–water partition coefficient (Wildman–Crippen LogP) is 0.979. The molecule has 1 aromatic rings. The van der Waals surface area contributed by atoms with Crippen molar-refractivity contribution in [3.63, 3.8) is 0 Å². The van der Waals surface area contributed by atoms with Crippen molar-refractivity contribution in [1.82, 2.24) is 19.8 Å². The molecular formula is C15H22N4O2. The van der Waals surface area contributed by atoms with Gasteiger partial charge in [0, 0.05) is 40.3 Å². The maximum Gasteiger partial charge on any atom is 0.273 e. The van der Waals surface area contributed by atoms with Gasteiger partial charge < -0.3 is 9.80 Å². The number of piperidine rings is 1. The highest BCUT2D eigenvalue weighted by atomic mass is 16.2. The first-order chi connectivity index (χ1) is 9.97. The van der Waals surface area contributed by atoms with Gasteiger partial charge in [0.1, 0.15) is 5.69 Å². The Morgan fingerprint density at radius 1 is 1.33 bits per heavy atom. The Morgan fingerprint density at radius 3 is 2.67 bits per heavy atom. The molecule has 0 spiro atoms. The average molecular weight is 290 g/mol. The van der Waals surface area contributed by atoms with Crippen molar-refractivity contribution in [3.8, 4) is 0 Å². The van der Waals surface area contributed by atoms with E-state index >= 15 is 0 Å². The Bertz CT molecular complexity index is 513. The SMILES string of the molecule is CC(=O)N1CCC[C@@H](Cc2cnc(C(=O)N(C)C)cn2)C1. The zero-order chi connectivity index (χ0) is 15.4. The molecule has 2 rings (SSSR count). The second kappa shape index (κ2) is 6.65. The van der Waals surface area contributed by atoms with Gasteiger partial charge in [-0.05, 0) is 25.2 Å². The lowest BCUT2D eigenvalue weighted by Crippen LogP contribution is -2.39. The molecule has 2 heterocycles. The van der Waals surface area contributed by atoms with Gasteiger partial charge in [-0.15, -0.1) is 0 Å². The summed E-state index contributed by atoms with van der Waals surface area (Å²) in [6.07, 6.45) is 6.14. The van der Waals surface area contributed by atoms with E-state index in [1.807, 2.05) is 4.90 Å². The number of hydrogen-bond donors (Lipinski definition) is 0. The Kier molecular flexibility index (Phi) is 4.88. The molecule has 1 aliphatic rings. The molecule has 1 saturated heterocycles. The molecule has 1 atom stereocenters. The minimum Gasteiger partial charge on any atom is -0.343 e. The summed E-state index contributed by atoms with van der Waals surface area (Å²) in [5.41, 5.74) is 1.23. The van der Waals surface area contributed by atoms with Crippen LogP contribution in [0, 0.1) is 5.92 Å². The minimum atomic E-state index is -0.144. The van der Waals surface area contributed by atoms with E-state index in [1.165, 1.54) is 11.1 Å². The van der Waals surface area contributed by atoms with Gasteiger partial charge in [0.2, 0.25) is 5.91 Å². The maximum absolute atomic E-state index is 11.7. The van der Waals surface area contributed by atoms with Crippen LogP contribution in [0.5, 0.6) is 0 Å². The van der Waals surface area contributed by atoms with Gasteiger partial charge in [-0.3, -0.25) is 14.6 Å². The number of rotatable bonds is 3. The molecule has 6 heteroatoms. The van der Waals surface area contributed by atoms with E-state index in [1.54, 1.807) is 27.2 Å². The van der Waals surface area contributed by atoms with Crippen LogP contribution in [-0.2, 0) is 11.2 Å². The summed E-state index contributed by atoms with van der Waals surface area (Å²) >= 11 is 0. The Balaban J connectivity index is 1.97. The molecule has 114 valence electrons. The van der Waals surface area contributed by atoms with Crippen LogP contribution in [0.4, 0.5) is 0 Å². The van der Waals surface area contributed by atoms with Crippen LogP contribution in [0.3, 0.4) is 0 Å². The number of nitrogens with zero attached hydrogens (tertiary/aromatic N) is 4. The Morgan fingerprint density at radius 2 is 2.10 bits per heavy atom. The molecule has 21 heavy (non-hydrogen) atoms. The van der Waals surface area contributed by atoms with E-state index in [0.29, 0.717) is 11.6 Å². The van der Waals surface area contributed by atoms with Gasteiger partial charge in [-0.25, -0.2) is 4.98 Å². The number of carbonyl (C=O) groups excluding carboxylic acids is 2. The molecule has 6 nitrogen and oxygen atoms in total. The van der Waals surface area contributed by atoms with Crippen molar-refractivity contribution in [3.05, 3.63) is 23.8 Å². The largest absolute Gasteiger partial charge is 0.343 e. The zero-order valence-corrected chi connectivity index (χ0v) is 12.9. The first-order valence-corrected chi connectivity index (χ1v) is 7.25. The number of amides is 2. The van der Waals surface area contributed by atoms with Crippen LogP contribution in [0.15, 0.2) is 12.4 Å². The van der Waals surface area contributed by atoms with Crippen LogP contribution in [0.25, 0.3) is 0 Å². The fourth-order valence-corrected chi connectivity index (χ4v) is 2.61. The first kappa shape index (κ1) is 15.4. The highest BCUT2D eigenvalue weighted by molar-refractivity contribution is 5.91. The van der Waals surface area contributed by atoms with Gasteiger partial charge in [0.25, 0.3) is 5.91 Å². The molecule has 1 fully saturated rings. The summed E-state index contributed by atoms with van der Waals surface area (Å²) in [5.74, 6) is 0.416. The minimum absolute atomic E-state index is 0.137. The fraction of sp³-hybridized carbons (Fsp3) is 0.600. The van der Waals surface area contributed by atoms with Crippen molar-refractivity contribution < 1.29 is 9.59 Å². The van der Waals surface area contributed by atoms with Crippen molar-refractivity contribution in [2.24, 2.45) is 5.92 Å². The summed E-state index contributed by atoms with van der Waals surface area (Å²) in [4.78, 5) is 35.1. The van der Waals surface area contributed by atoms with Crippen LogP contribution < -0.4 is 0 Å². The molecule has 0 aromatic carbocycles. The van der Waals surface area contributed by atoms with E-state index in [4.69, 9.17) is 0 Å². The van der Waals surface area contributed by atoms with E-state index in [0.717, 1.165) is 38.0 Å². The summed E-state index contributed by atoms with van der Waals surface area (Å²) in [6, 6.07) is 0.